The van der Waals surface area contributed by atoms with Gasteiger partial charge >= 0.3 is 5.97 Å². The summed E-state index contributed by atoms with van der Waals surface area (Å²) in [5.74, 6) is -1.89. The number of nitrogens with zero attached hydrogens (tertiary/aromatic N) is 1. The maximum atomic E-state index is 13.3. The lowest BCUT2D eigenvalue weighted by Gasteiger charge is -2.35. The van der Waals surface area contributed by atoms with E-state index in [0.717, 1.165) is 0 Å². The standard InChI is InChI=1S/C28H24ClN3O5/c1-2-37-28(36)19-11-14-20(15-12-19)30-25(33)17-24-27(35)31-22-9-5-6-10-23(22)32(24)26(34)16-13-18-7-3-4-8-21(18)29/h3-16,24H,2,17H2,1H3,(H,30,33)(H,31,35)/b16-13+/t24-/m0/s1. The highest BCUT2D eigenvalue weighted by Gasteiger charge is 2.37. The summed E-state index contributed by atoms with van der Waals surface area (Å²) >= 11 is 6.20. The summed E-state index contributed by atoms with van der Waals surface area (Å²) in [5.41, 5.74) is 2.38. The summed E-state index contributed by atoms with van der Waals surface area (Å²) in [4.78, 5) is 52.4. The zero-order valence-corrected chi connectivity index (χ0v) is 20.7. The van der Waals surface area contributed by atoms with E-state index in [-0.39, 0.29) is 13.0 Å². The summed E-state index contributed by atoms with van der Waals surface area (Å²) in [6, 6.07) is 19.1. The smallest absolute Gasteiger partial charge is 0.338 e. The summed E-state index contributed by atoms with van der Waals surface area (Å²) < 4.78 is 4.96. The number of benzene rings is 3. The minimum absolute atomic E-state index is 0.257. The molecule has 37 heavy (non-hydrogen) atoms. The van der Waals surface area contributed by atoms with Gasteiger partial charge in [-0.1, -0.05) is 41.9 Å². The zero-order valence-electron chi connectivity index (χ0n) is 19.9. The zero-order chi connectivity index (χ0) is 26.4. The molecule has 0 aliphatic carbocycles. The van der Waals surface area contributed by atoms with Gasteiger partial charge in [-0.05, 0) is 61.0 Å². The van der Waals surface area contributed by atoms with Crippen molar-refractivity contribution in [1.82, 2.24) is 0 Å². The van der Waals surface area contributed by atoms with Crippen LogP contribution in [0.2, 0.25) is 5.02 Å². The maximum absolute atomic E-state index is 13.3. The molecular weight excluding hydrogens is 494 g/mol. The Balaban J connectivity index is 1.54. The van der Waals surface area contributed by atoms with Crippen LogP contribution in [0.25, 0.3) is 6.08 Å². The predicted molar refractivity (Wildman–Crippen MR) is 142 cm³/mol. The van der Waals surface area contributed by atoms with Gasteiger partial charge in [0.2, 0.25) is 11.8 Å². The van der Waals surface area contributed by atoms with Crippen molar-refractivity contribution in [2.75, 3.05) is 22.1 Å². The Labute approximate surface area is 218 Å². The fourth-order valence-corrected chi connectivity index (χ4v) is 4.09. The SMILES string of the molecule is CCOC(=O)c1ccc(NC(=O)C[C@H]2C(=O)Nc3ccccc3N2C(=O)/C=C/c2ccccc2Cl)cc1. The number of nitrogens with one attached hydrogen (secondary N) is 2. The molecule has 1 heterocycles. The van der Waals surface area contributed by atoms with E-state index in [9.17, 15) is 19.2 Å². The van der Waals surface area contributed by atoms with Crippen molar-refractivity contribution in [2.24, 2.45) is 0 Å². The molecule has 8 nitrogen and oxygen atoms in total. The van der Waals surface area contributed by atoms with Crippen molar-refractivity contribution in [1.29, 1.82) is 0 Å². The van der Waals surface area contributed by atoms with Crippen LogP contribution in [-0.4, -0.2) is 36.3 Å². The molecule has 1 aliphatic heterocycles. The van der Waals surface area contributed by atoms with Crippen LogP contribution < -0.4 is 15.5 Å². The highest BCUT2D eigenvalue weighted by Crippen LogP contribution is 2.33. The normalized spacial score (nSPS) is 14.6. The van der Waals surface area contributed by atoms with Crippen molar-refractivity contribution in [3.8, 4) is 0 Å². The topological polar surface area (TPSA) is 105 Å². The number of hydrogen-bond donors (Lipinski definition) is 2. The number of ether oxygens (including phenoxy) is 1. The van der Waals surface area contributed by atoms with E-state index in [1.54, 1.807) is 73.7 Å². The molecule has 2 N–H and O–H groups in total. The number of carbonyl (C=O) groups is 4. The monoisotopic (exact) mass is 517 g/mol. The molecule has 188 valence electrons. The number of halogens is 1. The molecule has 0 saturated heterocycles. The minimum atomic E-state index is -1.09. The van der Waals surface area contributed by atoms with Gasteiger partial charge in [-0.2, -0.15) is 0 Å². The fourth-order valence-electron chi connectivity index (χ4n) is 3.89. The minimum Gasteiger partial charge on any atom is -0.462 e. The number of anilines is 3. The molecule has 9 heteroatoms. The van der Waals surface area contributed by atoms with Crippen molar-refractivity contribution < 1.29 is 23.9 Å². The number of rotatable bonds is 7. The summed E-state index contributed by atoms with van der Waals surface area (Å²) in [5, 5.41) is 5.96. The molecule has 0 bridgehead atoms. The number of hydrogen-bond acceptors (Lipinski definition) is 5. The van der Waals surface area contributed by atoms with Gasteiger partial charge in [0, 0.05) is 16.8 Å². The first kappa shape index (κ1) is 25.7. The largest absolute Gasteiger partial charge is 0.462 e. The first-order valence-corrected chi connectivity index (χ1v) is 12.0. The molecular formula is C28H24ClN3O5. The summed E-state index contributed by atoms with van der Waals surface area (Å²) in [6.07, 6.45) is 2.61. The lowest BCUT2D eigenvalue weighted by Crippen LogP contribution is -2.52. The molecule has 3 aromatic rings. The number of amides is 3. The second kappa shape index (κ2) is 11.5. The molecule has 1 atom stereocenters. The molecule has 4 rings (SSSR count). The third-order valence-corrected chi connectivity index (χ3v) is 5.99. The van der Waals surface area contributed by atoms with Crippen LogP contribution in [0.3, 0.4) is 0 Å². The van der Waals surface area contributed by atoms with E-state index in [1.165, 1.54) is 23.1 Å². The van der Waals surface area contributed by atoms with Gasteiger partial charge in [0.15, 0.2) is 0 Å². The van der Waals surface area contributed by atoms with Gasteiger partial charge in [-0.3, -0.25) is 19.3 Å². The quantitative estimate of drug-likeness (QED) is 0.342. The van der Waals surface area contributed by atoms with Crippen LogP contribution in [0.15, 0.2) is 78.9 Å². The molecule has 0 radical (unpaired) electrons. The third-order valence-electron chi connectivity index (χ3n) is 5.64. The Kier molecular flexibility index (Phi) is 8.00. The molecule has 0 saturated carbocycles. The van der Waals surface area contributed by atoms with Crippen LogP contribution in [-0.2, 0) is 19.1 Å². The van der Waals surface area contributed by atoms with E-state index >= 15 is 0 Å². The van der Waals surface area contributed by atoms with Crippen molar-refractivity contribution in [3.63, 3.8) is 0 Å². The van der Waals surface area contributed by atoms with Crippen LogP contribution in [0.4, 0.5) is 17.1 Å². The van der Waals surface area contributed by atoms with Crippen LogP contribution in [0.1, 0.15) is 29.3 Å². The Hall–Kier alpha value is -4.43. The van der Waals surface area contributed by atoms with Crippen LogP contribution in [0, 0.1) is 0 Å². The number of fused-ring (bicyclic) bond motifs is 1. The maximum Gasteiger partial charge on any atom is 0.338 e. The molecule has 0 unspecified atom stereocenters. The van der Waals surface area contributed by atoms with Gasteiger partial charge in [-0.25, -0.2) is 4.79 Å². The number of carbonyl (C=O) groups excluding carboxylic acids is 4. The average Bonchev–Trinajstić information content (AvgIpc) is 2.89. The van der Waals surface area contributed by atoms with Gasteiger partial charge < -0.3 is 15.4 Å². The first-order valence-electron chi connectivity index (χ1n) is 11.6. The molecule has 0 aromatic heterocycles. The van der Waals surface area contributed by atoms with Gasteiger partial charge in [0.25, 0.3) is 5.91 Å². The Bertz CT molecular complexity index is 1370. The van der Waals surface area contributed by atoms with Crippen molar-refractivity contribution in [2.45, 2.75) is 19.4 Å². The van der Waals surface area contributed by atoms with E-state index in [0.29, 0.717) is 33.2 Å². The van der Waals surface area contributed by atoms with Crippen LogP contribution in [0.5, 0.6) is 0 Å². The Morgan fingerprint density at radius 1 is 1.03 bits per heavy atom. The molecule has 0 spiro atoms. The van der Waals surface area contributed by atoms with E-state index in [2.05, 4.69) is 10.6 Å². The van der Waals surface area contributed by atoms with Crippen molar-refractivity contribution in [3.05, 3.63) is 95.0 Å². The van der Waals surface area contributed by atoms with Crippen molar-refractivity contribution >= 4 is 58.4 Å². The summed E-state index contributed by atoms with van der Waals surface area (Å²) in [7, 11) is 0. The second-order valence-electron chi connectivity index (χ2n) is 8.14. The van der Waals surface area contributed by atoms with E-state index < -0.39 is 29.7 Å². The Morgan fingerprint density at radius 3 is 2.46 bits per heavy atom. The predicted octanol–water partition coefficient (Wildman–Crippen LogP) is 4.91. The number of para-hydroxylation sites is 2. The van der Waals surface area contributed by atoms with E-state index in [1.807, 2.05) is 0 Å². The van der Waals surface area contributed by atoms with Gasteiger partial charge in [0.05, 0.1) is 30.0 Å². The molecule has 3 aromatic carbocycles. The second-order valence-corrected chi connectivity index (χ2v) is 8.54. The molecule has 3 amide bonds. The highest BCUT2D eigenvalue weighted by molar-refractivity contribution is 6.32. The lowest BCUT2D eigenvalue weighted by atomic mass is 10.0. The molecule has 1 aliphatic rings. The Morgan fingerprint density at radius 2 is 1.73 bits per heavy atom. The number of esters is 1. The lowest BCUT2D eigenvalue weighted by molar-refractivity contribution is -0.124. The third kappa shape index (κ3) is 6.05. The van der Waals surface area contributed by atoms with Gasteiger partial charge in [-0.15, -0.1) is 0 Å². The first-order chi connectivity index (χ1) is 17.9. The van der Waals surface area contributed by atoms with Gasteiger partial charge in [0.1, 0.15) is 6.04 Å². The highest BCUT2D eigenvalue weighted by atomic mass is 35.5. The van der Waals surface area contributed by atoms with E-state index in [4.69, 9.17) is 16.3 Å². The average molecular weight is 518 g/mol. The summed E-state index contributed by atoms with van der Waals surface area (Å²) in [6.45, 7) is 1.97. The molecule has 0 fully saturated rings. The fraction of sp³-hybridized carbons (Fsp3) is 0.143. The van der Waals surface area contributed by atoms with Crippen LogP contribution >= 0.6 is 11.6 Å².